The first-order valence-corrected chi connectivity index (χ1v) is 4.93. The van der Waals surface area contributed by atoms with Crippen molar-refractivity contribution in [1.29, 1.82) is 0 Å². The zero-order valence-corrected chi connectivity index (χ0v) is 8.84. The van der Waals surface area contributed by atoms with Crippen molar-refractivity contribution >= 4 is 16.7 Å². The van der Waals surface area contributed by atoms with Crippen molar-refractivity contribution in [1.82, 2.24) is 0 Å². The lowest BCUT2D eigenvalue weighted by atomic mass is 10.00. The number of fused-ring (bicyclic) bond motifs is 1. The molecular formula is C13H9F2O2. The molecule has 0 aliphatic rings. The summed E-state index contributed by atoms with van der Waals surface area (Å²) in [6.07, 6.45) is -0.213. The maximum absolute atomic E-state index is 13.5. The Morgan fingerprint density at radius 2 is 1.88 bits per heavy atom. The van der Waals surface area contributed by atoms with Crippen LogP contribution in [0, 0.1) is 18.6 Å². The Morgan fingerprint density at radius 1 is 1.18 bits per heavy atom. The lowest BCUT2D eigenvalue weighted by Crippen LogP contribution is -2.01. The Labute approximate surface area is 96.5 Å². The van der Waals surface area contributed by atoms with Crippen LogP contribution in [0.3, 0.4) is 0 Å². The van der Waals surface area contributed by atoms with E-state index < -0.39 is 17.6 Å². The third-order valence-corrected chi connectivity index (χ3v) is 2.48. The van der Waals surface area contributed by atoms with Crippen molar-refractivity contribution in [3.63, 3.8) is 0 Å². The lowest BCUT2D eigenvalue weighted by molar-refractivity contribution is -0.136. The van der Waals surface area contributed by atoms with E-state index in [-0.39, 0.29) is 11.8 Å². The highest BCUT2D eigenvalue weighted by atomic mass is 19.1. The second-order valence-corrected chi connectivity index (χ2v) is 3.81. The Hall–Kier alpha value is -1.97. The van der Waals surface area contributed by atoms with Crippen LogP contribution in [-0.2, 0) is 11.2 Å². The van der Waals surface area contributed by atoms with Crippen LogP contribution in [0.25, 0.3) is 10.8 Å². The summed E-state index contributed by atoms with van der Waals surface area (Å²) in [5.74, 6) is -2.39. The highest BCUT2D eigenvalue weighted by Crippen LogP contribution is 2.24. The molecule has 4 heteroatoms. The average molecular weight is 235 g/mol. The number of hydrogen-bond acceptors (Lipinski definition) is 1. The largest absolute Gasteiger partial charge is 0.481 e. The van der Waals surface area contributed by atoms with Gasteiger partial charge in [-0.15, -0.1) is 0 Å². The van der Waals surface area contributed by atoms with Gasteiger partial charge in [-0.2, -0.15) is 0 Å². The van der Waals surface area contributed by atoms with Crippen molar-refractivity contribution in [2.75, 3.05) is 0 Å². The number of carbonyl (C=O) groups is 1. The summed E-state index contributed by atoms with van der Waals surface area (Å²) in [4.78, 5) is 10.6. The number of hydrogen-bond donors (Lipinski definition) is 1. The maximum atomic E-state index is 13.5. The van der Waals surface area contributed by atoms with E-state index in [1.807, 2.05) is 0 Å². The van der Waals surface area contributed by atoms with E-state index in [0.29, 0.717) is 16.5 Å². The predicted molar refractivity (Wildman–Crippen MR) is 59.7 cm³/mol. The molecule has 0 spiro atoms. The zero-order chi connectivity index (χ0) is 12.6. The second kappa shape index (κ2) is 4.13. The normalized spacial score (nSPS) is 10.8. The highest BCUT2D eigenvalue weighted by Gasteiger charge is 2.09. The summed E-state index contributed by atoms with van der Waals surface area (Å²) in [6.45, 7) is 3.67. The Bertz CT molecular complexity index is 606. The van der Waals surface area contributed by atoms with Crippen molar-refractivity contribution < 1.29 is 18.7 Å². The van der Waals surface area contributed by atoms with E-state index in [4.69, 9.17) is 5.11 Å². The van der Waals surface area contributed by atoms with Gasteiger partial charge in [0.15, 0.2) is 0 Å². The van der Waals surface area contributed by atoms with Gasteiger partial charge >= 0.3 is 5.97 Å². The zero-order valence-electron chi connectivity index (χ0n) is 8.84. The van der Waals surface area contributed by atoms with Gasteiger partial charge in [0.2, 0.25) is 0 Å². The average Bonchev–Trinajstić information content (AvgIpc) is 2.19. The molecule has 0 unspecified atom stereocenters. The van der Waals surface area contributed by atoms with Crippen molar-refractivity contribution in [3.8, 4) is 0 Å². The number of carboxylic acid groups (broad SMARTS) is 1. The van der Waals surface area contributed by atoms with Gasteiger partial charge in [-0.05, 0) is 35.6 Å². The minimum absolute atomic E-state index is 0.190. The van der Waals surface area contributed by atoms with Gasteiger partial charge in [-0.1, -0.05) is 6.07 Å². The van der Waals surface area contributed by atoms with E-state index in [1.165, 1.54) is 18.2 Å². The fourth-order valence-electron chi connectivity index (χ4n) is 1.80. The summed E-state index contributed by atoms with van der Waals surface area (Å²) >= 11 is 0. The summed E-state index contributed by atoms with van der Waals surface area (Å²) in [5.41, 5.74) is 0.859. The summed E-state index contributed by atoms with van der Waals surface area (Å²) < 4.78 is 26.6. The minimum atomic E-state index is -1.01. The molecule has 2 rings (SSSR count). The predicted octanol–water partition coefficient (Wildman–Crippen LogP) is 2.93. The van der Waals surface area contributed by atoms with Crippen molar-refractivity contribution in [2.45, 2.75) is 6.42 Å². The van der Waals surface area contributed by atoms with Crippen LogP contribution in [0.5, 0.6) is 0 Å². The summed E-state index contributed by atoms with van der Waals surface area (Å²) in [6, 6.07) is 4.89. The number of halogens is 2. The number of carboxylic acids is 1. The van der Waals surface area contributed by atoms with E-state index in [9.17, 15) is 13.6 Å². The molecule has 0 atom stereocenters. The maximum Gasteiger partial charge on any atom is 0.307 e. The van der Waals surface area contributed by atoms with Crippen LogP contribution >= 0.6 is 0 Å². The molecule has 0 amide bonds. The quantitative estimate of drug-likeness (QED) is 0.868. The van der Waals surface area contributed by atoms with Gasteiger partial charge in [0, 0.05) is 11.5 Å². The fraction of sp³-hybridized carbons (Fsp3) is 0.0769. The molecule has 0 fully saturated rings. The number of benzene rings is 2. The molecule has 0 heterocycles. The molecule has 0 aromatic heterocycles. The summed E-state index contributed by atoms with van der Waals surface area (Å²) in [5, 5.41) is 9.22. The molecule has 1 radical (unpaired) electrons. The first-order valence-electron chi connectivity index (χ1n) is 4.93. The molecule has 2 nitrogen and oxygen atoms in total. The third kappa shape index (κ3) is 2.25. The molecule has 87 valence electrons. The fourth-order valence-corrected chi connectivity index (χ4v) is 1.80. The van der Waals surface area contributed by atoms with Crippen LogP contribution in [0.1, 0.15) is 11.1 Å². The van der Waals surface area contributed by atoms with Gasteiger partial charge in [0.05, 0.1) is 6.42 Å². The third-order valence-electron chi connectivity index (χ3n) is 2.48. The Kier molecular flexibility index (Phi) is 2.79. The molecule has 0 aliphatic heterocycles. The van der Waals surface area contributed by atoms with Crippen molar-refractivity contribution in [2.24, 2.45) is 0 Å². The molecule has 17 heavy (non-hydrogen) atoms. The molecule has 2 aromatic carbocycles. The van der Waals surface area contributed by atoms with Gasteiger partial charge in [0.1, 0.15) is 11.6 Å². The Balaban J connectivity index is 2.68. The smallest absolute Gasteiger partial charge is 0.307 e. The number of aliphatic carboxylic acids is 1. The lowest BCUT2D eigenvalue weighted by Gasteiger charge is -2.07. The monoisotopic (exact) mass is 235 g/mol. The molecule has 0 saturated heterocycles. The van der Waals surface area contributed by atoms with Gasteiger partial charge in [-0.3, -0.25) is 4.79 Å². The van der Waals surface area contributed by atoms with Crippen LogP contribution < -0.4 is 0 Å². The summed E-state index contributed by atoms with van der Waals surface area (Å²) in [7, 11) is 0. The Morgan fingerprint density at radius 3 is 2.53 bits per heavy atom. The topological polar surface area (TPSA) is 37.3 Å². The SMILES string of the molecule is [CH2]c1cc(CC(=O)O)cc2c(F)cc(F)cc12. The minimum Gasteiger partial charge on any atom is -0.481 e. The van der Waals surface area contributed by atoms with E-state index in [2.05, 4.69) is 6.92 Å². The van der Waals surface area contributed by atoms with E-state index >= 15 is 0 Å². The first kappa shape index (κ1) is 11.5. The van der Waals surface area contributed by atoms with E-state index in [0.717, 1.165) is 6.07 Å². The van der Waals surface area contributed by atoms with Crippen LogP contribution in [0.4, 0.5) is 8.78 Å². The molecular weight excluding hydrogens is 226 g/mol. The molecule has 1 N–H and O–H groups in total. The van der Waals surface area contributed by atoms with Gasteiger partial charge in [0.25, 0.3) is 0 Å². The van der Waals surface area contributed by atoms with Crippen molar-refractivity contribution in [3.05, 3.63) is 54.0 Å². The van der Waals surface area contributed by atoms with E-state index in [1.54, 1.807) is 0 Å². The van der Waals surface area contributed by atoms with Crippen LogP contribution in [0.15, 0.2) is 24.3 Å². The highest BCUT2D eigenvalue weighted by molar-refractivity contribution is 5.88. The molecule has 0 aliphatic carbocycles. The van der Waals surface area contributed by atoms with Crippen LogP contribution in [0.2, 0.25) is 0 Å². The number of rotatable bonds is 2. The second-order valence-electron chi connectivity index (χ2n) is 3.81. The molecule has 0 saturated carbocycles. The van der Waals surface area contributed by atoms with Gasteiger partial charge in [-0.25, -0.2) is 8.78 Å². The molecule has 2 aromatic rings. The first-order chi connectivity index (χ1) is 7.97. The standard InChI is InChI=1S/C13H9F2O2/c1-7-2-8(4-13(16)17)3-11-10(7)5-9(14)6-12(11)15/h2-3,5-6H,1,4H2,(H,16,17). The van der Waals surface area contributed by atoms with Gasteiger partial charge < -0.3 is 5.11 Å². The van der Waals surface area contributed by atoms with Crippen LogP contribution in [-0.4, -0.2) is 11.1 Å². The molecule has 0 bridgehead atoms.